The molecule has 0 aliphatic carbocycles. The first-order valence-electron chi connectivity index (χ1n) is 10.2. The summed E-state index contributed by atoms with van der Waals surface area (Å²) in [5.41, 5.74) is 4.10. The lowest BCUT2D eigenvalue weighted by atomic mass is 10.0. The SMILES string of the molecule is COc1ccc(C2CNCCN2c2ccc(C(O)C#Cc3ccccc3)cc2)cc1. The fourth-order valence-corrected chi connectivity index (χ4v) is 3.74. The van der Waals surface area contributed by atoms with Crippen LogP contribution in [0.3, 0.4) is 0 Å². The molecule has 4 nitrogen and oxygen atoms in total. The Morgan fingerprint density at radius 1 is 1.00 bits per heavy atom. The van der Waals surface area contributed by atoms with Crippen molar-refractivity contribution in [2.45, 2.75) is 12.1 Å². The Morgan fingerprint density at radius 2 is 1.73 bits per heavy atom. The van der Waals surface area contributed by atoms with Gasteiger partial charge in [0, 0.05) is 30.9 Å². The van der Waals surface area contributed by atoms with Gasteiger partial charge in [-0.1, -0.05) is 54.3 Å². The van der Waals surface area contributed by atoms with Gasteiger partial charge in [-0.05, 0) is 47.5 Å². The van der Waals surface area contributed by atoms with Gasteiger partial charge in [0.15, 0.2) is 0 Å². The van der Waals surface area contributed by atoms with Crippen molar-refractivity contribution in [1.82, 2.24) is 5.32 Å². The highest BCUT2D eigenvalue weighted by molar-refractivity contribution is 5.52. The van der Waals surface area contributed by atoms with Crippen LogP contribution in [0.5, 0.6) is 5.75 Å². The van der Waals surface area contributed by atoms with Crippen molar-refractivity contribution in [1.29, 1.82) is 0 Å². The Kier molecular flexibility index (Phi) is 6.34. The number of nitrogens with one attached hydrogen (secondary N) is 1. The molecule has 0 amide bonds. The van der Waals surface area contributed by atoms with Gasteiger partial charge in [-0.25, -0.2) is 0 Å². The molecule has 0 aromatic heterocycles. The zero-order valence-corrected chi connectivity index (χ0v) is 17.1. The Labute approximate surface area is 178 Å². The first-order valence-corrected chi connectivity index (χ1v) is 10.2. The number of aliphatic hydroxyl groups is 1. The van der Waals surface area contributed by atoms with Crippen LogP contribution < -0.4 is 15.0 Å². The predicted octanol–water partition coefficient (Wildman–Crippen LogP) is 3.93. The molecule has 30 heavy (non-hydrogen) atoms. The Balaban J connectivity index is 1.51. The third-order valence-electron chi connectivity index (χ3n) is 5.41. The van der Waals surface area contributed by atoms with Crippen LogP contribution in [0.2, 0.25) is 0 Å². The van der Waals surface area contributed by atoms with Gasteiger partial charge in [0.1, 0.15) is 11.9 Å². The van der Waals surface area contributed by atoms with Crippen molar-refractivity contribution in [2.75, 3.05) is 31.6 Å². The third-order valence-corrected chi connectivity index (χ3v) is 5.41. The summed E-state index contributed by atoms with van der Waals surface area (Å²) in [4.78, 5) is 2.41. The van der Waals surface area contributed by atoms with E-state index in [0.717, 1.165) is 42.2 Å². The summed E-state index contributed by atoms with van der Waals surface area (Å²) in [6.45, 7) is 2.76. The molecule has 3 aromatic carbocycles. The summed E-state index contributed by atoms with van der Waals surface area (Å²) in [6, 6.07) is 26.3. The van der Waals surface area contributed by atoms with Gasteiger partial charge in [0.25, 0.3) is 0 Å². The first-order chi connectivity index (χ1) is 14.7. The van der Waals surface area contributed by atoms with Crippen molar-refractivity contribution >= 4 is 5.69 Å². The highest BCUT2D eigenvalue weighted by atomic mass is 16.5. The molecule has 2 unspecified atom stereocenters. The molecule has 0 spiro atoms. The normalized spacial score (nSPS) is 17.0. The van der Waals surface area contributed by atoms with Gasteiger partial charge < -0.3 is 20.1 Å². The number of rotatable bonds is 4. The van der Waals surface area contributed by atoms with Gasteiger partial charge in [-0.3, -0.25) is 0 Å². The molecule has 0 bridgehead atoms. The van der Waals surface area contributed by atoms with Crippen molar-refractivity contribution in [3.63, 3.8) is 0 Å². The molecular weight excluding hydrogens is 372 g/mol. The molecule has 4 rings (SSSR count). The number of piperazine rings is 1. The summed E-state index contributed by atoms with van der Waals surface area (Å²) in [5.74, 6) is 6.82. The number of nitrogens with zero attached hydrogens (tertiary/aromatic N) is 1. The summed E-state index contributed by atoms with van der Waals surface area (Å²) in [5, 5.41) is 13.9. The van der Waals surface area contributed by atoms with E-state index < -0.39 is 6.10 Å². The van der Waals surface area contributed by atoms with E-state index in [0.29, 0.717) is 0 Å². The molecule has 1 fully saturated rings. The Hall–Kier alpha value is -3.26. The zero-order valence-electron chi connectivity index (χ0n) is 17.1. The Morgan fingerprint density at radius 3 is 2.43 bits per heavy atom. The molecule has 152 valence electrons. The maximum absolute atomic E-state index is 10.5. The van der Waals surface area contributed by atoms with Crippen molar-refractivity contribution in [3.8, 4) is 17.6 Å². The van der Waals surface area contributed by atoms with Crippen molar-refractivity contribution in [3.05, 3.63) is 95.6 Å². The van der Waals surface area contributed by atoms with Crippen LogP contribution in [0.4, 0.5) is 5.69 Å². The van der Waals surface area contributed by atoms with E-state index >= 15 is 0 Å². The maximum Gasteiger partial charge on any atom is 0.140 e. The van der Waals surface area contributed by atoms with Crippen LogP contribution in [-0.4, -0.2) is 31.9 Å². The molecule has 1 aliphatic heterocycles. The van der Waals surface area contributed by atoms with Crippen LogP contribution in [-0.2, 0) is 0 Å². The van der Waals surface area contributed by atoms with Gasteiger partial charge in [0.2, 0.25) is 0 Å². The molecule has 2 N–H and O–H groups in total. The highest BCUT2D eigenvalue weighted by Crippen LogP contribution is 2.30. The Bertz CT molecular complexity index is 1000. The molecule has 2 atom stereocenters. The number of aliphatic hydroxyl groups excluding tert-OH is 1. The molecule has 4 heteroatoms. The molecule has 0 saturated carbocycles. The van der Waals surface area contributed by atoms with Crippen LogP contribution >= 0.6 is 0 Å². The molecule has 1 heterocycles. The maximum atomic E-state index is 10.5. The van der Waals surface area contributed by atoms with E-state index in [1.807, 2.05) is 54.6 Å². The van der Waals surface area contributed by atoms with E-state index in [1.54, 1.807) is 7.11 Å². The fourth-order valence-electron chi connectivity index (χ4n) is 3.74. The highest BCUT2D eigenvalue weighted by Gasteiger charge is 2.24. The number of ether oxygens (including phenoxy) is 1. The fraction of sp³-hybridized carbons (Fsp3) is 0.231. The summed E-state index contributed by atoms with van der Waals surface area (Å²) in [7, 11) is 1.68. The lowest BCUT2D eigenvalue weighted by molar-refractivity contribution is 0.238. The van der Waals surface area contributed by atoms with Crippen molar-refractivity contribution < 1.29 is 9.84 Å². The smallest absolute Gasteiger partial charge is 0.140 e. The van der Waals surface area contributed by atoms with Crippen LogP contribution in [0, 0.1) is 11.8 Å². The van der Waals surface area contributed by atoms with E-state index in [-0.39, 0.29) is 6.04 Å². The second-order valence-corrected chi connectivity index (χ2v) is 7.32. The second-order valence-electron chi connectivity index (χ2n) is 7.32. The number of hydrogen-bond donors (Lipinski definition) is 2. The minimum absolute atomic E-state index is 0.248. The van der Waals surface area contributed by atoms with Crippen LogP contribution in [0.25, 0.3) is 0 Å². The minimum Gasteiger partial charge on any atom is -0.497 e. The predicted molar refractivity (Wildman–Crippen MR) is 121 cm³/mol. The molecule has 1 saturated heterocycles. The summed E-state index contributed by atoms with van der Waals surface area (Å²) in [6.07, 6.45) is -0.806. The minimum atomic E-state index is -0.806. The molecular formula is C26H26N2O2. The number of methoxy groups -OCH3 is 1. The van der Waals surface area contributed by atoms with Gasteiger partial charge in [0.05, 0.1) is 13.2 Å². The van der Waals surface area contributed by atoms with E-state index in [4.69, 9.17) is 4.74 Å². The lowest BCUT2D eigenvalue weighted by Crippen LogP contribution is -2.46. The topological polar surface area (TPSA) is 44.7 Å². The summed E-state index contributed by atoms with van der Waals surface area (Å²) < 4.78 is 5.29. The molecule has 0 radical (unpaired) electrons. The number of hydrogen-bond acceptors (Lipinski definition) is 4. The van der Waals surface area contributed by atoms with Crippen molar-refractivity contribution in [2.24, 2.45) is 0 Å². The lowest BCUT2D eigenvalue weighted by Gasteiger charge is -2.38. The average molecular weight is 399 g/mol. The monoisotopic (exact) mass is 398 g/mol. The second kappa shape index (κ2) is 9.49. The first kappa shape index (κ1) is 20.0. The van der Waals surface area contributed by atoms with Gasteiger partial charge in [-0.2, -0.15) is 0 Å². The van der Waals surface area contributed by atoms with Crippen LogP contribution in [0.15, 0.2) is 78.9 Å². The van der Waals surface area contributed by atoms with E-state index in [2.05, 4.69) is 46.3 Å². The van der Waals surface area contributed by atoms with Gasteiger partial charge in [-0.15, -0.1) is 0 Å². The number of anilines is 1. The molecule has 3 aromatic rings. The standard InChI is InChI=1S/C26H26N2O2/c1-30-24-14-10-21(11-15-24)25-19-27-17-18-28(25)23-12-8-22(9-13-23)26(29)16-7-20-5-3-2-4-6-20/h2-6,8-15,25-27,29H,17-19H2,1H3. The largest absolute Gasteiger partial charge is 0.497 e. The zero-order chi connectivity index (χ0) is 20.8. The molecule has 1 aliphatic rings. The average Bonchev–Trinajstić information content (AvgIpc) is 2.83. The summed E-state index contributed by atoms with van der Waals surface area (Å²) >= 11 is 0. The number of benzene rings is 3. The third kappa shape index (κ3) is 4.65. The quantitative estimate of drug-likeness (QED) is 0.654. The van der Waals surface area contributed by atoms with E-state index in [1.165, 1.54) is 5.56 Å². The van der Waals surface area contributed by atoms with Crippen LogP contribution in [0.1, 0.15) is 28.8 Å². The van der Waals surface area contributed by atoms with E-state index in [9.17, 15) is 5.11 Å². The van der Waals surface area contributed by atoms with Gasteiger partial charge >= 0.3 is 0 Å².